The maximum atomic E-state index is 6.52. The summed E-state index contributed by atoms with van der Waals surface area (Å²) in [6.45, 7) is 5.29. The molecule has 0 saturated heterocycles. The normalized spacial score (nSPS) is 25.5. The first-order chi connectivity index (χ1) is 9.17. The van der Waals surface area contributed by atoms with Crippen LogP contribution in [0, 0.1) is 11.8 Å². The van der Waals surface area contributed by atoms with Crippen molar-refractivity contribution in [2.24, 2.45) is 17.6 Å². The molecule has 108 valence electrons. The summed E-state index contributed by atoms with van der Waals surface area (Å²) in [6, 6.07) is 0.124. The Morgan fingerprint density at radius 3 is 2.63 bits per heavy atom. The van der Waals surface area contributed by atoms with E-state index in [1.165, 1.54) is 44.2 Å². The van der Waals surface area contributed by atoms with Gasteiger partial charge in [-0.3, -0.25) is 4.68 Å². The monoisotopic (exact) mass is 327 g/mol. The maximum absolute atomic E-state index is 6.52. The van der Waals surface area contributed by atoms with Gasteiger partial charge in [0.25, 0.3) is 0 Å². The first kappa shape index (κ1) is 15.0. The number of aryl methyl sites for hydroxylation is 1. The first-order valence-corrected chi connectivity index (χ1v) is 8.43. The smallest absolute Gasteiger partial charge is 0.0696 e. The first-order valence-electron chi connectivity index (χ1n) is 7.64. The minimum absolute atomic E-state index is 0.124. The predicted molar refractivity (Wildman–Crippen MR) is 82.9 cm³/mol. The second-order valence-corrected chi connectivity index (χ2v) is 6.64. The van der Waals surface area contributed by atoms with E-state index in [-0.39, 0.29) is 6.04 Å². The van der Waals surface area contributed by atoms with Gasteiger partial charge in [-0.05, 0) is 47.5 Å². The number of nitrogens with two attached hydrogens (primary N) is 1. The summed E-state index contributed by atoms with van der Waals surface area (Å²) in [7, 11) is 0. The molecule has 0 amide bonds. The highest BCUT2D eigenvalue weighted by Gasteiger charge is 2.29. The molecule has 1 heterocycles. The average molecular weight is 328 g/mol. The van der Waals surface area contributed by atoms with Crippen LogP contribution in [0.5, 0.6) is 0 Å². The summed E-state index contributed by atoms with van der Waals surface area (Å²) < 4.78 is 3.10. The largest absolute Gasteiger partial charge is 0.322 e. The van der Waals surface area contributed by atoms with Crippen molar-refractivity contribution in [1.82, 2.24) is 9.78 Å². The molecule has 0 aromatic carbocycles. The molecule has 1 atom stereocenters. The van der Waals surface area contributed by atoms with Gasteiger partial charge in [-0.25, -0.2) is 0 Å². The van der Waals surface area contributed by atoms with Crippen LogP contribution in [-0.4, -0.2) is 9.78 Å². The van der Waals surface area contributed by atoms with E-state index in [2.05, 4.69) is 34.9 Å². The molecule has 1 unspecified atom stereocenters. The van der Waals surface area contributed by atoms with Gasteiger partial charge in [0.2, 0.25) is 0 Å². The van der Waals surface area contributed by atoms with Gasteiger partial charge in [-0.2, -0.15) is 5.10 Å². The van der Waals surface area contributed by atoms with Crippen LogP contribution < -0.4 is 5.73 Å². The van der Waals surface area contributed by atoms with Crippen LogP contribution in [0.1, 0.15) is 64.1 Å². The van der Waals surface area contributed by atoms with Gasteiger partial charge in [-0.1, -0.05) is 32.6 Å². The lowest BCUT2D eigenvalue weighted by atomic mass is 9.76. The summed E-state index contributed by atoms with van der Waals surface area (Å²) in [5.41, 5.74) is 7.70. The van der Waals surface area contributed by atoms with Gasteiger partial charge >= 0.3 is 0 Å². The quantitative estimate of drug-likeness (QED) is 0.877. The molecular weight excluding hydrogens is 302 g/mol. The molecule has 2 rings (SSSR count). The molecule has 1 aromatic rings. The van der Waals surface area contributed by atoms with Gasteiger partial charge in [0.15, 0.2) is 0 Å². The van der Waals surface area contributed by atoms with E-state index < -0.39 is 0 Å². The lowest BCUT2D eigenvalue weighted by Gasteiger charge is -2.32. The summed E-state index contributed by atoms with van der Waals surface area (Å²) in [5.74, 6) is 1.55. The highest BCUT2D eigenvalue weighted by molar-refractivity contribution is 9.10. The van der Waals surface area contributed by atoms with Gasteiger partial charge in [0.1, 0.15) is 0 Å². The molecule has 0 bridgehead atoms. The predicted octanol–water partition coefficient (Wildman–Crippen LogP) is 4.27. The molecule has 1 aliphatic carbocycles. The minimum atomic E-state index is 0.124. The molecule has 2 N–H and O–H groups in total. The van der Waals surface area contributed by atoms with Crippen molar-refractivity contribution >= 4 is 15.9 Å². The zero-order valence-electron chi connectivity index (χ0n) is 12.1. The second-order valence-electron chi connectivity index (χ2n) is 5.79. The van der Waals surface area contributed by atoms with E-state index in [4.69, 9.17) is 5.73 Å². The van der Waals surface area contributed by atoms with Gasteiger partial charge in [-0.15, -0.1) is 0 Å². The van der Waals surface area contributed by atoms with Crippen LogP contribution in [0.3, 0.4) is 0 Å². The Morgan fingerprint density at radius 2 is 2.05 bits per heavy atom. The topological polar surface area (TPSA) is 43.8 Å². The van der Waals surface area contributed by atoms with E-state index in [9.17, 15) is 0 Å². The van der Waals surface area contributed by atoms with Crippen LogP contribution in [0.25, 0.3) is 0 Å². The third kappa shape index (κ3) is 3.40. The molecule has 0 aliphatic heterocycles. The average Bonchev–Trinajstić information content (AvgIpc) is 2.80. The SMILES string of the molecule is CCCC1CCC(C(N)c2c(Br)cnn2CC)CC1. The van der Waals surface area contributed by atoms with Crippen molar-refractivity contribution in [1.29, 1.82) is 0 Å². The number of rotatable bonds is 5. The number of halogens is 1. The molecule has 0 spiro atoms. The third-order valence-electron chi connectivity index (χ3n) is 4.54. The summed E-state index contributed by atoms with van der Waals surface area (Å²) >= 11 is 3.60. The standard InChI is InChI=1S/C15H26BrN3/c1-3-5-11-6-8-12(9-7-11)14(17)15-13(16)10-18-19(15)4-2/h10-12,14H,3-9,17H2,1-2H3. The van der Waals surface area contributed by atoms with E-state index in [1.807, 2.05) is 10.9 Å². The Kier molecular flexibility index (Phi) is 5.46. The van der Waals surface area contributed by atoms with E-state index in [0.717, 1.165) is 16.9 Å². The van der Waals surface area contributed by atoms with Crippen molar-refractivity contribution < 1.29 is 0 Å². The van der Waals surface area contributed by atoms with Crippen molar-refractivity contribution in [3.05, 3.63) is 16.4 Å². The Labute approximate surface area is 125 Å². The van der Waals surface area contributed by atoms with E-state index in [1.54, 1.807) is 0 Å². The highest BCUT2D eigenvalue weighted by atomic mass is 79.9. The molecule has 1 aromatic heterocycles. The van der Waals surface area contributed by atoms with Crippen LogP contribution in [-0.2, 0) is 6.54 Å². The van der Waals surface area contributed by atoms with Crippen LogP contribution in [0.15, 0.2) is 10.7 Å². The Bertz CT molecular complexity index is 394. The number of aromatic nitrogens is 2. The summed E-state index contributed by atoms with van der Waals surface area (Å²) in [4.78, 5) is 0. The van der Waals surface area contributed by atoms with Gasteiger partial charge in [0, 0.05) is 6.54 Å². The minimum Gasteiger partial charge on any atom is -0.322 e. The molecule has 19 heavy (non-hydrogen) atoms. The number of hydrogen-bond donors (Lipinski definition) is 1. The van der Waals surface area contributed by atoms with E-state index in [0.29, 0.717) is 5.92 Å². The fourth-order valence-electron chi connectivity index (χ4n) is 3.42. The molecule has 3 nitrogen and oxygen atoms in total. The molecule has 1 saturated carbocycles. The Hall–Kier alpha value is -0.350. The van der Waals surface area contributed by atoms with Crippen molar-refractivity contribution in [2.75, 3.05) is 0 Å². The highest BCUT2D eigenvalue weighted by Crippen LogP contribution is 2.38. The zero-order chi connectivity index (χ0) is 13.8. The van der Waals surface area contributed by atoms with Crippen LogP contribution >= 0.6 is 15.9 Å². The van der Waals surface area contributed by atoms with Crippen molar-refractivity contribution in [3.8, 4) is 0 Å². The van der Waals surface area contributed by atoms with Crippen molar-refractivity contribution in [2.45, 2.75) is 65.0 Å². The molecule has 1 fully saturated rings. The molecule has 4 heteroatoms. The van der Waals surface area contributed by atoms with Crippen molar-refractivity contribution in [3.63, 3.8) is 0 Å². The third-order valence-corrected chi connectivity index (χ3v) is 5.16. The second kappa shape index (κ2) is 6.89. The number of hydrogen-bond acceptors (Lipinski definition) is 2. The molecule has 0 radical (unpaired) electrons. The summed E-state index contributed by atoms with van der Waals surface area (Å²) in [5, 5.41) is 4.38. The zero-order valence-corrected chi connectivity index (χ0v) is 13.7. The van der Waals surface area contributed by atoms with Crippen LogP contribution in [0.2, 0.25) is 0 Å². The Morgan fingerprint density at radius 1 is 1.37 bits per heavy atom. The molecule has 1 aliphatic rings. The maximum Gasteiger partial charge on any atom is 0.0696 e. The fourth-order valence-corrected chi connectivity index (χ4v) is 3.98. The van der Waals surface area contributed by atoms with Gasteiger partial charge < -0.3 is 5.73 Å². The van der Waals surface area contributed by atoms with Gasteiger partial charge in [0.05, 0.1) is 22.4 Å². The molecular formula is C15H26BrN3. The van der Waals surface area contributed by atoms with E-state index >= 15 is 0 Å². The Balaban J connectivity index is 2.01. The lowest BCUT2D eigenvalue weighted by molar-refractivity contribution is 0.229. The summed E-state index contributed by atoms with van der Waals surface area (Å²) in [6.07, 6.45) is 9.82. The number of nitrogens with zero attached hydrogens (tertiary/aromatic N) is 2. The van der Waals surface area contributed by atoms with Crippen LogP contribution in [0.4, 0.5) is 0 Å². The lowest BCUT2D eigenvalue weighted by Crippen LogP contribution is -2.28. The fraction of sp³-hybridized carbons (Fsp3) is 0.800.